The van der Waals surface area contributed by atoms with E-state index in [1.807, 2.05) is 62.4 Å². The lowest BCUT2D eigenvalue weighted by Gasteiger charge is -2.15. The highest BCUT2D eigenvalue weighted by Gasteiger charge is 2.30. The number of rotatable bonds is 5. The Hall–Kier alpha value is -3.34. The summed E-state index contributed by atoms with van der Waals surface area (Å²) >= 11 is 0. The van der Waals surface area contributed by atoms with Gasteiger partial charge in [-0.1, -0.05) is 37.3 Å². The smallest absolute Gasteiger partial charge is 0.257 e. The molecule has 1 N–H and O–H groups in total. The molecule has 0 spiro atoms. The lowest BCUT2D eigenvalue weighted by Crippen LogP contribution is -2.14. The van der Waals surface area contributed by atoms with E-state index in [4.69, 9.17) is 8.83 Å². The minimum absolute atomic E-state index is 0.169. The lowest BCUT2D eigenvalue weighted by atomic mass is 9.91. The van der Waals surface area contributed by atoms with Gasteiger partial charge in [-0.25, -0.2) is 4.98 Å². The van der Waals surface area contributed by atoms with Crippen molar-refractivity contribution < 1.29 is 8.83 Å². The van der Waals surface area contributed by atoms with E-state index in [9.17, 15) is 4.79 Å². The average Bonchev–Trinajstić information content (AvgIpc) is 3.29. The van der Waals surface area contributed by atoms with Gasteiger partial charge in [-0.05, 0) is 43.2 Å². The highest BCUT2D eigenvalue weighted by molar-refractivity contribution is 5.66. The molecule has 0 radical (unpaired) electrons. The minimum atomic E-state index is -0.298. The second kappa shape index (κ2) is 7.59. The monoisotopic (exact) mass is 388 g/mol. The lowest BCUT2D eigenvalue weighted by molar-refractivity contribution is 0.420. The van der Waals surface area contributed by atoms with Crippen molar-refractivity contribution in [2.45, 2.75) is 40.0 Å². The summed E-state index contributed by atoms with van der Waals surface area (Å²) in [5.41, 5.74) is 3.62. The van der Waals surface area contributed by atoms with Crippen LogP contribution in [0.5, 0.6) is 0 Å². The zero-order valence-electron chi connectivity index (χ0n) is 17.1. The third-order valence-electron chi connectivity index (χ3n) is 5.07. The molecule has 0 fully saturated rings. The molecular formula is C24H24N2O3. The zero-order valence-corrected chi connectivity index (χ0v) is 17.1. The molecule has 0 saturated heterocycles. The van der Waals surface area contributed by atoms with Crippen molar-refractivity contribution in [3.63, 3.8) is 0 Å². The average molecular weight is 388 g/mol. The second-order valence-corrected chi connectivity index (χ2v) is 7.29. The van der Waals surface area contributed by atoms with Crippen molar-refractivity contribution in [3.8, 4) is 11.3 Å². The molecule has 29 heavy (non-hydrogen) atoms. The van der Waals surface area contributed by atoms with Crippen LogP contribution in [0.25, 0.3) is 11.3 Å². The molecule has 1 aromatic carbocycles. The van der Waals surface area contributed by atoms with Crippen LogP contribution < -0.4 is 5.56 Å². The van der Waals surface area contributed by atoms with Gasteiger partial charge in [0.1, 0.15) is 28.9 Å². The first-order valence-electron chi connectivity index (χ1n) is 9.79. The number of hydrogen-bond acceptors (Lipinski definition) is 4. The molecule has 148 valence electrons. The van der Waals surface area contributed by atoms with E-state index in [2.05, 4.69) is 16.9 Å². The van der Waals surface area contributed by atoms with Gasteiger partial charge in [-0.15, -0.1) is 0 Å². The highest BCUT2D eigenvalue weighted by atomic mass is 16.4. The summed E-state index contributed by atoms with van der Waals surface area (Å²) in [4.78, 5) is 20.3. The fraction of sp³-hybridized carbons (Fsp3) is 0.250. The normalized spacial score (nSPS) is 12.3. The molecule has 1 atom stereocenters. The quantitative estimate of drug-likeness (QED) is 0.504. The Bertz CT molecular complexity index is 1200. The third kappa shape index (κ3) is 3.56. The van der Waals surface area contributed by atoms with Gasteiger partial charge in [0.25, 0.3) is 5.56 Å². The molecule has 1 unspecified atom stereocenters. The largest absolute Gasteiger partial charge is 0.465 e. The van der Waals surface area contributed by atoms with Crippen molar-refractivity contribution in [2.75, 3.05) is 0 Å². The highest BCUT2D eigenvalue weighted by Crippen LogP contribution is 2.39. The van der Waals surface area contributed by atoms with E-state index in [0.29, 0.717) is 22.9 Å². The first-order chi connectivity index (χ1) is 14.0. The number of nitrogens with one attached hydrogen (secondary N) is 1. The number of aromatic amines is 1. The predicted octanol–water partition coefficient (Wildman–Crippen LogP) is 5.29. The summed E-state index contributed by atoms with van der Waals surface area (Å²) in [6.07, 6.45) is 0.806. The predicted molar refractivity (Wildman–Crippen MR) is 112 cm³/mol. The number of H-pyrrole nitrogens is 1. The summed E-state index contributed by atoms with van der Waals surface area (Å²) in [5.74, 6) is 2.50. The van der Waals surface area contributed by atoms with Crippen molar-refractivity contribution >= 4 is 0 Å². The Morgan fingerprint density at radius 3 is 2.45 bits per heavy atom. The van der Waals surface area contributed by atoms with Crippen molar-refractivity contribution in [3.05, 3.63) is 98.9 Å². The molecule has 0 saturated carbocycles. The van der Waals surface area contributed by atoms with E-state index in [1.165, 1.54) is 0 Å². The standard InChI is InChI=1S/C24H24N2O3/c1-5-18-11-12-19(29-18)21(17-9-7-6-8-10-17)23-22(26-16(4)28-23)20-14(2)13-15(3)25-24(20)27/h6-13,21H,5H2,1-4H3,(H,25,27). The Morgan fingerprint density at radius 1 is 1.03 bits per heavy atom. The number of pyridine rings is 1. The van der Waals surface area contributed by atoms with Gasteiger partial charge < -0.3 is 13.8 Å². The molecule has 0 aliphatic rings. The van der Waals surface area contributed by atoms with Gasteiger partial charge >= 0.3 is 0 Å². The molecule has 5 nitrogen and oxygen atoms in total. The minimum Gasteiger partial charge on any atom is -0.465 e. The molecule has 3 aromatic heterocycles. The number of furan rings is 1. The summed E-state index contributed by atoms with van der Waals surface area (Å²) < 4.78 is 12.2. The van der Waals surface area contributed by atoms with Crippen LogP contribution in [-0.4, -0.2) is 9.97 Å². The SMILES string of the molecule is CCc1ccc(C(c2ccccc2)c2oc(C)nc2-c2c(C)cc(C)[nH]c2=O)o1. The van der Waals surface area contributed by atoms with Crippen molar-refractivity contribution in [1.29, 1.82) is 0 Å². The molecule has 5 heteroatoms. The zero-order chi connectivity index (χ0) is 20.5. The number of aromatic nitrogens is 2. The van der Waals surface area contributed by atoms with E-state index < -0.39 is 0 Å². The fourth-order valence-corrected chi connectivity index (χ4v) is 3.80. The molecular weight excluding hydrogens is 364 g/mol. The van der Waals surface area contributed by atoms with E-state index >= 15 is 0 Å². The van der Waals surface area contributed by atoms with Crippen LogP contribution in [0, 0.1) is 20.8 Å². The molecule has 3 heterocycles. The Kier molecular flexibility index (Phi) is 4.97. The number of hydrogen-bond donors (Lipinski definition) is 1. The van der Waals surface area contributed by atoms with Crippen LogP contribution in [-0.2, 0) is 6.42 Å². The first-order valence-corrected chi connectivity index (χ1v) is 9.79. The number of benzene rings is 1. The molecule has 0 bridgehead atoms. The maximum atomic E-state index is 12.8. The molecule has 4 aromatic rings. The molecule has 0 aliphatic heterocycles. The second-order valence-electron chi connectivity index (χ2n) is 7.29. The van der Waals surface area contributed by atoms with Gasteiger partial charge in [0.15, 0.2) is 5.89 Å². The van der Waals surface area contributed by atoms with E-state index in [-0.39, 0.29) is 11.5 Å². The first kappa shape index (κ1) is 19.0. The third-order valence-corrected chi connectivity index (χ3v) is 5.07. The van der Waals surface area contributed by atoms with Gasteiger partial charge in [-0.3, -0.25) is 4.79 Å². The van der Waals surface area contributed by atoms with Crippen molar-refractivity contribution in [2.24, 2.45) is 0 Å². The Labute approximate surface area is 169 Å². The summed E-state index contributed by atoms with van der Waals surface area (Å²) in [5, 5.41) is 0. The van der Waals surface area contributed by atoms with Crippen LogP contribution in [0.15, 0.2) is 62.2 Å². The van der Waals surface area contributed by atoms with Gasteiger partial charge in [0.2, 0.25) is 0 Å². The number of nitrogens with zero attached hydrogens (tertiary/aromatic N) is 1. The maximum absolute atomic E-state index is 12.8. The van der Waals surface area contributed by atoms with Crippen LogP contribution in [0.4, 0.5) is 0 Å². The molecule has 4 rings (SSSR count). The topological polar surface area (TPSA) is 72.0 Å². The van der Waals surface area contributed by atoms with E-state index in [1.54, 1.807) is 6.92 Å². The van der Waals surface area contributed by atoms with Crippen LogP contribution in [0.3, 0.4) is 0 Å². The van der Waals surface area contributed by atoms with Gasteiger partial charge in [0.05, 0.1) is 5.56 Å². The van der Waals surface area contributed by atoms with Gasteiger partial charge in [0, 0.05) is 19.0 Å². The van der Waals surface area contributed by atoms with E-state index in [0.717, 1.165) is 34.8 Å². The number of aryl methyl sites for hydroxylation is 4. The maximum Gasteiger partial charge on any atom is 0.257 e. The summed E-state index contributed by atoms with van der Waals surface area (Å²) in [6.45, 7) is 7.64. The molecule has 0 amide bonds. The Morgan fingerprint density at radius 2 is 1.79 bits per heavy atom. The van der Waals surface area contributed by atoms with Crippen LogP contribution >= 0.6 is 0 Å². The van der Waals surface area contributed by atoms with Crippen LogP contribution in [0.2, 0.25) is 0 Å². The summed E-state index contributed by atoms with van der Waals surface area (Å²) in [6, 6.07) is 15.9. The van der Waals surface area contributed by atoms with Crippen LogP contribution in [0.1, 0.15) is 52.8 Å². The molecule has 0 aliphatic carbocycles. The van der Waals surface area contributed by atoms with Crippen molar-refractivity contribution in [1.82, 2.24) is 9.97 Å². The van der Waals surface area contributed by atoms with Gasteiger partial charge in [-0.2, -0.15) is 0 Å². The summed E-state index contributed by atoms with van der Waals surface area (Å²) in [7, 11) is 0. The fourth-order valence-electron chi connectivity index (χ4n) is 3.80. The number of oxazole rings is 1. The Balaban J connectivity index is 1.97.